The molecule has 0 aromatic heterocycles. The zero-order valence-corrected chi connectivity index (χ0v) is 17.1. The third-order valence-corrected chi connectivity index (χ3v) is 6.17. The van der Waals surface area contributed by atoms with Gasteiger partial charge in [0.05, 0.1) is 0 Å². The first kappa shape index (κ1) is 19.3. The lowest BCUT2D eigenvalue weighted by Crippen LogP contribution is -2.24. The zero-order valence-electron chi connectivity index (χ0n) is 16.3. The quantitative estimate of drug-likeness (QED) is 0.582. The number of carbonyl (C=O) groups excluding carboxylic acids is 1. The van der Waals surface area contributed by atoms with Gasteiger partial charge in [0.1, 0.15) is 0 Å². The maximum absolute atomic E-state index is 12.6. The van der Waals surface area contributed by atoms with Gasteiger partial charge in [0.2, 0.25) is 0 Å². The lowest BCUT2D eigenvalue weighted by Gasteiger charge is -2.31. The summed E-state index contributed by atoms with van der Waals surface area (Å²) in [6.45, 7) is 15.6. The zero-order chi connectivity index (χ0) is 18.1. The largest absolute Gasteiger partial charge is 0.294 e. The molecule has 0 amide bonds. The monoisotopic (exact) mass is 344 g/mol. The number of allylic oxidation sites excluding steroid dienone is 2. The van der Waals surface area contributed by atoms with Crippen LogP contribution in [0.3, 0.4) is 0 Å². The number of Topliss-reactive ketones (excluding diaryl/α,β-unsaturated/α-hetero) is 1. The highest BCUT2D eigenvalue weighted by molar-refractivity contribution is 8.03. The third kappa shape index (κ3) is 4.33. The molecule has 0 saturated heterocycles. The average Bonchev–Trinajstić information content (AvgIpc) is 2.44. The molecule has 1 aromatic rings. The van der Waals surface area contributed by atoms with E-state index in [9.17, 15) is 4.79 Å². The molecule has 24 heavy (non-hydrogen) atoms. The Kier molecular flexibility index (Phi) is 6.01. The minimum absolute atomic E-state index is 0.115. The average molecular weight is 345 g/mol. The molecule has 1 nitrogen and oxygen atoms in total. The van der Waals surface area contributed by atoms with Gasteiger partial charge in [0.25, 0.3) is 0 Å². The summed E-state index contributed by atoms with van der Waals surface area (Å²) in [6, 6.07) is 6.68. The molecule has 2 rings (SSSR count). The van der Waals surface area contributed by atoms with E-state index in [1.807, 2.05) is 0 Å². The summed E-state index contributed by atoms with van der Waals surface area (Å²) in [7, 11) is 0. The van der Waals surface area contributed by atoms with Crippen LogP contribution in [0.2, 0.25) is 0 Å². The van der Waals surface area contributed by atoms with Crippen LogP contribution in [0, 0.1) is 5.41 Å². The predicted molar refractivity (Wildman–Crippen MR) is 107 cm³/mol. The van der Waals surface area contributed by atoms with Crippen LogP contribution in [-0.2, 0) is 10.5 Å². The van der Waals surface area contributed by atoms with Crippen LogP contribution in [0.1, 0.15) is 89.8 Å². The molecule has 0 fully saturated rings. The Balaban J connectivity index is 2.31. The molecule has 0 aliphatic heterocycles. The van der Waals surface area contributed by atoms with E-state index in [0.717, 1.165) is 17.1 Å². The van der Waals surface area contributed by atoms with E-state index >= 15 is 0 Å². The summed E-state index contributed by atoms with van der Waals surface area (Å²) in [5.74, 6) is 2.26. The van der Waals surface area contributed by atoms with Crippen molar-refractivity contribution >= 4 is 17.5 Å². The number of hydrogen-bond donors (Lipinski definition) is 0. The van der Waals surface area contributed by atoms with Crippen molar-refractivity contribution in [2.45, 2.75) is 78.9 Å². The second-order valence-corrected chi connectivity index (χ2v) is 9.55. The summed E-state index contributed by atoms with van der Waals surface area (Å²) in [4.78, 5) is 13.6. The molecule has 1 aromatic carbocycles. The molecule has 0 N–H and O–H groups in total. The summed E-state index contributed by atoms with van der Waals surface area (Å²) in [6.07, 6.45) is 1.71. The Bertz CT molecular complexity index is 624. The molecule has 0 saturated carbocycles. The predicted octanol–water partition coefficient (Wildman–Crippen LogP) is 6.83. The first-order valence-electron chi connectivity index (χ1n) is 9.10. The van der Waals surface area contributed by atoms with Gasteiger partial charge in [-0.2, -0.15) is 0 Å². The van der Waals surface area contributed by atoms with Gasteiger partial charge < -0.3 is 0 Å². The number of ketones is 1. The Hall–Kier alpha value is -1.02. The smallest absolute Gasteiger partial charge is 0.169 e. The highest BCUT2D eigenvalue weighted by Gasteiger charge is 2.31. The summed E-state index contributed by atoms with van der Waals surface area (Å²) < 4.78 is 0. The van der Waals surface area contributed by atoms with Crippen LogP contribution in [0.25, 0.3) is 0 Å². The van der Waals surface area contributed by atoms with Gasteiger partial charge in [0.15, 0.2) is 5.78 Å². The Labute approximate surface area is 152 Å². The first-order valence-corrected chi connectivity index (χ1v) is 10.1. The van der Waals surface area contributed by atoms with E-state index in [2.05, 4.69) is 66.7 Å². The van der Waals surface area contributed by atoms with Gasteiger partial charge in [-0.25, -0.2) is 0 Å². The minimum atomic E-state index is 0.115. The summed E-state index contributed by atoms with van der Waals surface area (Å²) >= 11 is 1.76. The topological polar surface area (TPSA) is 17.1 Å². The molecule has 2 heteroatoms. The second-order valence-electron chi connectivity index (χ2n) is 8.56. The van der Waals surface area contributed by atoms with Gasteiger partial charge in [-0.05, 0) is 47.3 Å². The fraction of sp³-hybridized carbons (Fsp3) is 0.591. The van der Waals surface area contributed by atoms with Crippen LogP contribution in [0.5, 0.6) is 0 Å². The molecular weight excluding hydrogens is 312 g/mol. The number of rotatable bonds is 5. The van der Waals surface area contributed by atoms with Crippen molar-refractivity contribution in [1.29, 1.82) is 0 Å². The van der Waals surface area contributed by atoms with Gasteiger partial charge in [-0.15, -0.1) is 11.8 Å². The van der Waals surface area contributed by atoms with Crippen LogP contribution in [-0.4, -0.2) is 5.78 Å². The minimum Gasteiger partial charge on any atom is -0.294 e. The van der Waals surface area contributed by atoms with E-state index in [1.54, 1.807) is 11.8 Å². The molecular formula is C22H32OS. The van der Waals surface area contributed by atoms with Crippen molar-refractivity contribution in [3.8, 4) is 0 Å². The second kappa shape index (κ2) is 7.47. The lowest BCUT2D eigenvalue weighted by atomic mass is 9.77. The molecule has 0 radical (unpaired) electrons. The first-order chi connectivity index (χ1) is 11.1. The fourth-order valence-corrected chi connectivity index (χ4v) is 5.01. The van der Waals surface area contributed by atoms with Crippen molar-refractivity contribution in [1.82, 2.24) is 0 Å². The molecule has 132 valence electrons. The van der Waals surface area contributed by atoms with E-state index in [-0.39, 0.29) is 5.41 Å². The molecule has 0 heterocycles. The Morgan fingerprint density at radius 1 is 1.04 bits per heavy atom. The van der Waals surface area contributed by atoms with Gasteiger partial charge in [-0.1, -0.05) is 65.3 Å². The van der Waals surface area contributed by atoms with Gasteiger partial charge in [0, 0.05) is 17.1 Å². The van der Waals surface area contributed by atoms with Crippen molar-refractivity contribution in [2.24, 2.45) is 5.41 Å². The number of carbonyl (C=O) groups is 1. The van der Waals surface area contributed by atoms with Crippen molar-refractivity contribution in [2.75, 3.05) is 0 Å². The maximum Gasteiger partial charge on any atom is 0.169 e. The fourth-order valence-electron chi connectivity index (χ4n) is 3.83. The van der Waals surface area contributed by atoms with E-state index in [4.69, 9.17) is 0 Å². The number of thioether (sulfide) groups is 1. The summed E-state index contributed by atoms with van der Waals surface area (Å²) in [5, 5.41) is 0. The van der Waals surface area contributed by atoms with Crippen LogP contribution in [0.4, 0.5) is 0 Å². The number of hydrogen-bond acceptors (Lipinski definition) is 2. The highest BCUT2D eigenvalue weighted by atomic mass is 32.2. The van der Waals surface area contributed by atoms with Crippen LogP contribution >= 0.6 is 11.8 Å². The van der Waals surface area contributed by atoms with Crippen molar-refractivity contribution in [3.63, 3.8) is 0 Å². The normalized spacial score (nSPS) is 18.0. The molecule has 1 aliphatic carbocycles. The molecule has 0 atom stereocenters. The Morgan fingerprint density at radius 2 is 1.58 bits per heavy atom. The van der Waals surface area contributed by atoms with Crippen LogP contribution in [0.15, 0.2) is 28.7 Å². The van der Waals surface area contributed by atoms with E-state index < -0.39 is 0 Å². The number of benzene rings is 1. The van der Waals surface area contributed by atoms with Crippen molar-refractivity contribution in [3.05, 3.63) is 45.4 Å². The molecule has 0 spiro atoms. The molecule has 0 unspecified atom stereocenters. The molecule has 0 bridgehead atoms. The van der Waals surface area contributed by atoms with E-state index in [1.165, 1.54) is 22.3 Å². The standard InChI is InChI=1S/C22H32OS/c1-14(2)17-9-8-10-18(15(3)4)19(17)13-24-21-16(5)11-22(6,7)12-20(21)23/h8-10,14-15H,11-13H2,1-7H3. The van der Waals surface area contributed by atoms with Gasteiger partial charge in [-0.3, -0.25) is 4.79 Å². The van der Waals surface area contributed by atoms with Gasteiger partial charge >= 0.3 is 0 Å². The van der Waals surface area contributed by atoms with Crippen LogP contribution < -0.4 is 0 Å². The summed E-state index contributed by atoms with van der Waals surface area (Å²) in [5.41, 5.74) is 5.68. The third-order valence-electron chi connectivity index (χ3n) is 4.88. The maximum atomic E-state index is 12.6. The molecule has 1 aliphatic rings. The van der Waals surface area contributed by atoms with Crippen molar-refractivity contribution < 1.29 is 4.79 Å². The SMILES string of the molecule is CC1=C(SCc2c(C(C)C)cccc2C(C)C)C(=O)CC(C)(C)C1. The van der Waals surface area contributed by atoms with E-state index in [0.29, 0.717) is 24.0 Å². The lowest BCUT2D eigenvalue weighted by molar-refractivity contribution is -0.117. The Morgan fingerprint density at radius 3 is 2.04 bits per heavy atom. The highest BCUT2D eigenvalue weighted by Crippen LogP contribution is 2.42.